The lowest BCUT2D eigenvalue weighted by Gasteiger charge is -2.27. The van der Waals surface area contributed by atoms with E-state index in [0.717, 1.165) is 18.4 Å². The van der Waals surface area contributed by atoms with Gasteiger partial charge >= 0.3 is 0 Å². The van der Waals surface area contributed by atoms with Crippen LogP contribution in [-0.2, 0) is 14.3 Å². The number of carbonyl (C=O) groups is 2. The third-order valence-electron chi connectivity index (χ3n) is 6.02. The van der Waals surface area contributed by atoms with Gasteiger partial charge in [-0.15, -0.1) is 0 Å². The summed E-state index contributed by atoms with van der Waals surface area (Å²) in [5.74, 6) is -0.406. The van der Waals surface area contributed by atoms with Gasteiger partial charge in [0.1, 0.15) is 6.33 Å². The van der Waals surface area contributed by atoms with Crippen LogP contribution in [0.4, 0.5) is 5.69 Å². The van der Waals surface area contributed by atoms with E-state index in [-0.39, 0.29) is 23.7 Å². The number of H-pyrrole nitrogens is 1. The summed E-state index contributed by atoms with van der Waals surface area (Å²) in [5.41, 5.74) is 0.392. The highest BCUT2D eigenvalue weighted by atomic mass is 16.5. The van der Waals surface area contributed by atoms with Gasteiger partial charge in [0.25, 0.3) is 0 Å². The first kappa shape index (κ1) is 14.8. The lowest BCUT2D eigenvalue weighted by atomic mass is 9.69. The van der Waals surface area contributed by atoms with Gasteiger partial charge in [0.05, 0.1) is 28.7 Å². The van der Waals surface area contributed by atoms with Crippen LogP contribution in [0.1, 0.15) is 26.7 Å². The summed E-state index contributed by atoms with van der Waals surface area (Å²) in [5, 5.41) is 6.63. The van der Waals surface area contributed by atoms with Crippen molar-refractivity contribution in [3.63, 3.8) is 0 Å². The van der Waals surface area contributed by atoms with Crippen molar-refractivity contribution in [3.8, 4) is 11.4 Å². The Labute approximate surface area is 144 Å². The lowest BCUT2D eigenvalue weighted by Crippen LogP contribution is -2.40. The van der Waals surface area contributed by atoms with Crippen LogP contribution in [0.25, 0.3) is 11.4 Å². The normalized spacial score (nSPS) is 36.3. The minimum atomic E-state index is -0.527. The molecule has 4 unspecified atom stereocenters. The summed E-state index contributed by atoms with van der Waals surface area (Å²) >= 11 is 0. The number of ether oxygens (including phenoxy) is 1. The quantitative estimate of drug-likeness (QED) is 0.845. The van der Waals surface area contributed by atoms with Crippen molar-refractivity contribution >= 4 is 17.5 Å². The van der Waals surface area contributed by atoms with Crippen molar-refractivity contribution in [1.82, 2.24) is 15.2 Å². The van der Waals surface area contributed by atoms with Gasteiger partial charge in [-0.3, -0.25) is 14.7 Å². The first-order valence-corrected chi connectivity index (χ1v) is 8.47. The second kappa shape index (κ2) is 4.54. The Kier molecular flexibility index (Phi) is 2.69. The minimum Gasteiger partial charge on any atom is -0.367 e. The lowest BCUT2D eigenvalue weighted by molar-refractivity contribution is -0.129. The molecule has 1 aromatic heterocycles. The van der Waals surface area contributed by atoms with E-state index in [1.54, 1.807) is 12.1 Å². The molecule has 3 aliphatic rings. The van der Waals surface area contributed by atoms with Crippen LogP contribution in [0.3, 0.4) is 0 Å². The number of aromatic amines is 1. The Morgan fingerprint density at radius 1 is 1.08 bits per heavy atom. The number of anilines is 1. The molecule has 4 atom stereocenters. The molecular weight excluding hydrogens is 320 g/mol. The molecule has 1 N–H and O–H groups in total. The van der Waals surface area contributed by atoms with Gasteiger partial charge in [-0.25, -0.2) is 9.88 Å². The molecule has 0 spiro atoms. The fourth-order valence-corrected chi connectivity index (χ4v) is 4.84. The molecule has 4 heterocycles. The van der Waals surface area contributed by atoms with Crippen LogP contribution in [0, 0.1) is 11.8 Å². The predicted molar refractivity (Wildman–Crippen MR) is 88.4 cm³/mol. The molecule has 7 heteroatoms. The molecule has 0 saturated carbocycles. The van der Waals surface area contributed by atoms with Crippen molar-refractivity contribution in [3.05, 3.63) is 30.6 Å². The molecule has 2 aromatic rings. The number of benzene rings is 1. The number of amides is 2. The topological polar surface area (TPSA) is 88.2 Å². The number of carbonyl (C=O) groups excluding carboxylic acids is 2. The van der Waals surface area contributed by atoms with Crippen molar-refractivity contribution in [2.45, 2.75) is 37.9 Å². The maximum Gasteiger partial charge on any atom is 0.240 e. The minimum absolute atomic E-state index is 0.145. The highest BCUT2D eigenvalue weighted by molar-refractivity contribution is 6.23. The van der Waals surface area contributed by atoms with Crippen LogP contribution in [0.5, 0.6) is 0 Å². The van der Waals surface area contributed by atoms with Crippen molar-refractivity contribution in [2.75, 3.05) is 4.90 Å². The SMILES string of the molecule is CC12CCC(C)(O1)C1C(=O)N(c3ccc(-c4ncn[nH]4)cc3)C(=O)C12. The zero-order valence-electron chi connectivity index (χ0n) is 14.0. The number of fused-ring (bicyclic) bond motifs is 5. The number of nitrogens with one attached hydrogen (secondary N) is 1. The van der Waals surface area contributed by atoms with Gasteiger partial charge in [-0.05, 0) is 51.0 Å². The van der Waals surface area contributed by atoms with Gasteiger partial charge in [0.2, 0.25) is 11.8 Å². The second-order valence-electron chi connectivity index (χ2n) is 7.58. The van der Waals surface area contributed by atoms with E-state index in [0.29, 0.717) is 11.5 Å². The predicted octanol–water partition coefficient (Wildman–Crippen LogP) is 1.92. The Hall–Kier alpha value is -2.54. The number of hydrogen-bond donors (Lipinski definition) is 1. The van der Waals surface area contributed by atoms with Gasteiger partial charge < -0.3 is 4.74 Å². The summed E-state index contributed by atoms with van der Waals surface area (Å²) in [4.78, 5) is 31.5. The fraction of sp³-hybridized carbons (Fsp3) is 0.444. The van der Waals surface area contributed by atoms with Crippen molar-refractivity contribution in [1.29, 1.82) is 0 Å². The molecule has 1 aromatic carbocycles. The average Bonchev–Trinajstić information content (AvgIpc) is 3.31. The number of hydrogen-bond acceptors (Lipinski definition) is 5. The number of aromatic nitrogens is 3. The number of imide groups is 1. The molecule has 0 radical (unpaired) electrons. The van der Waals surface area contributed by atoms with E-state index in [1.165, 1.54) is 11.2 Å². The highest BCUT2D eigenvalue weighted by Crippen LogP contribution is 2.60. The van der Waals surface area contributed by atoms with Crippen LogP contribution < -0.4 is 4.90 Å². The zero-order valence-corrected chi connectivity index (χ0v) is 14.0. The maximum absolute atomic E-state index is 13.0. The molecule has 3 fully saturated rings. The molecule has 0 aliphatic carbocycles. The highest BCUT2D eigenvalue weighted by Gasteiger charge is 2.72. The first-order chi connectivity index (χ1) is 11.9. The third kappa shape index (κ3) is 1.79. The molecule has 2 amide bonds. The zero-order chi connectivity index (χ0) is 17.4. The van der Waals surface area contributed by atoms with Gasteiger partial charge in [-0.2, -0.15) is 5.10 Å². The Bertz CT molecular complexity index is 844. The fourth-order valence-electron chi connectivity index (χ4n) is 4.84. The summed E-state index contributed by atoms with van der Waals surface area (Å²) in [7, 11) is 0. The summed E-state index contributed by atoms with van der Waals surface area (Å²) in [6.07, 6.45) is 3.08. The van der Waals surface area contributed by atoms with Crippen LogP contribution in [0.15, 0.2) is 30.6 Å². The first-order valence-electron chi connectivity index (χ1n) is 8.47. The summed E-state index contributed by atoms with van der Waals surface area (Å²) in [6, 6.07) is 7.22. The summed E-state index contributed by atoms with van der Waals surface area (Å²) in [6.45, 7) is 3.93. The summed E-state index contributed by atoms with van der Waals surface area (Å²) < 4.78 is 6.12. The van der Waals surface area contributed by atoms with Gasteiger partial charge in [-0.1, -0.05) is 0 Å². The van der Waals surface area contributed by atoms with E-state index in [4.69, 9.17) is 4.74 Å². The molecule has 3 saturated heterocycles. The van der Waals surface area contributed by atoms with E-state index < -0.39 is 11.2 Å². The number of nitrogens with zero attached hydrogens (tertiary/aromatic N) is 3. The Morgan fingerprint density at radius 3 is 2.20 bits per heavy atom. The van der Waals surface area contributed by atoms with Crippen molar-refractivity contribution in [2.24, 2.45) is 11.8 Å². The molecule has 2 bridgehead atoms. The molecule has 128 valence electrons. The molecule has 3 aliphatic heterocycles. The molecular formula is C18H18N4O3. The van der Waals surface area contributed by atoms with Gasteiger partial charge in [0.15, 0.2) is 5.82 Å². The van der Waals surface area contributed by atoms with E-state index in [9.17, 15) is 9.59 Å². The van der Waals surface area contributed by atoms with E-state index in [1.807, 2.05) is 26.0 Å². The van der Waals surface area contributed by atoms with Crippen molar-refractivity contribution < 1.29 is 14.3 Å². The molecule has 25 heavy (non-hydrogen) atoms. The maximum atomic E-state index is 13.0. The standard InChI is InChI=1S/C18H18N4O3/c1-17-7-8-18(2,25-17)13-12(17)15(23)22(16(13)24)11-5-3-10(4-6-11)14-19-9-20-21-14/h3-6,9,12-13H,7-8H2,1-2H3,(H,19,20,21). The monoisotopic (exact) mass is 338 g/mol. The van der Waals surface area contributed by atoms with E-state index in [2.05, 4.69) is 15.2 Å². The molecule has 7 nitrogen and oxygen atoms in total. The molecule has 5 rings (SSSR count). The van der Waals surface area contributed by atoms with Gasteiger partial charge in [0, 0.05) is 5.56 Å². The third-order valence-corrected chi connectivity index (χ3v) is 6.02. The Balaban J connectivity index is 1.51. The number of rotatable bonds is 2. The van der Waals surface area contributed by atoms with Crippen LogP contribution in [0.2, 0.25) is 0 Å². The van der Waals surface area contributed by atoms with Crippen LogP contribution >= 0.6 is 0 Å². The van der Waals surface area contributed by atoms with Crippen LogP contribution in [-0.4, -0.2) is 38.2 Å². The smallest absolute Gasteiger partial charge is 0.240 e. The largest absolute Gasteiger partial charge is 0.367 e. The Morgan fingerprint density at radius 2 is 1.68 bits per heavy atom. The van der Waals surface area contributed by atoms with E-state index >= 15 is 0 Å². The average molecular weight is 338 g/mol. The second-order valence-corrected chi connectivity index (χ2v) is 7.58.